The van der Waals surface area contributed by atoms with Crippen molar-refractivity contribution in [3.05, 3.63) is 77.9 Å². The van der Waals surface area contributed by atoms with Crippen LogP contribution >= 0.6 is 0 Å². The van der Waals surface area contributed by atoms with Gasteiger partial charge in [-0.15, -0.1) is 0 Å². The molecule has 138 valence electrons. The monoisotopic (exact) mass is 360 g/mol. The summed E-state index contributed by atoms with van der Waals surface area (Å²) in [6, 6.07) is 22.7. The van der Waals surface area contributed by atoms with E-state index in [1.807, 2.05) is 12.1 Å². The maximum absolute atomic E-state index is 11.0. The Kier molecular flexibility index (Phi) is 5.07. The SMILES string of the molecule is O=C(O)c1ccc(N2CCC(NCCc3cccc4ccccc34)C2)cc1. The summed E-state index contributed by atoms with van der Waals surface area (Å²) in [5.74, 6) is -0.879. The van der Waals surface area contributed by atoms with Crippen molar-refractivity contribution in [3.8, 4) is 0 Å². The highest BCUT2D eigenvalue weighted by atomic mass is 16.4. The number of nitrogens with zero attached hydrogens (tertiary/aromatic N) is 1. The standard InChI is InChI=1S/C23H24N2O2/c26-23(27)19-8-10-21(11-9-19)25-15-13-20(16-25)24-14-12-18-6-3-5-17-4-1-2-7-22(17)18/h1-11,20,24H,12-16H2,(H,26,27). The summed E-state index contributed by atoms with van der Waals surface area (Å²) in [6.45, 7) is 2.92. The van der Waals surface area contributed by atoms with Gasteiger partial charge in [-0.25, -0.2) is 4.79 Å². The van der Waals surface area contributed by atoms with E-state index in [1.54, 1.807) is 12.1 Å². The number of rotatable bonds is 6. The van der Waals surface area contributed by atoms with Crippen LogP contribution in [0.1, 0.15) is 22.3 Å². The maximum atomic E-state index is 11.0. The summed E-state index contributed by atoms with van der Waals surface area (Å²) in [4.78, 5) is 13.3. The van der Waals surface area contributed by atoms with Crippen molar-refractivity contribution in [2.45, 2.75) is 18.9 Å². The van der Waals surface area contributed by atoms with E-state index in [0.717, 1.165) is 38.2 Å². The Morgan fingerprint density at radius 1 is 1.04 bits per heavy atom. The van der Waals surface area contributed by atoms with Crippen LogP contribution in [-0.2, 0) is 6.42 Å². The highest BCUT2D eigenvalue weighted by Gasteiger charge is 2.22. The maximum Gasteiger partial charge on any atom is 0.335 e. The van der Waals surface area contributed by atoms with Crippen molar-refractivity contribution in [1.82, 2.24) is 5.32 Å². The lowest BCUT2D eigenvalue weighted by atomic mass is 10.0. The van der Waals surface area contributed by atoms with Gasteiger partial charge in [-0.1, -0.05) is 42.5 Å². The van der Waals surface area contributed by atoms with Crippen LogP contribution in [0.2, 0.25) is 0 Å². The number of hydrogen-bond acceptors (Lipinski definition) is 3. The lowest BCUT2D eigenvalue weighted by Crippen LogP contribution is -2.33. The summed E-state index contributed by atoms with van der Waals surface area (Å²) in [5, 5.41) is 15.3. The zero-order valence-electron chi connectivity index (χ0n) is 15.3. The molecule has 1 aliphatic rings. The molecule has 0 aliphatic carbocycles. The fourth-order valence-electron chi connectivity index (χ4n) is 3.90. The molecule has 4 rings (SSSR count). The van der Waals surface area contributed by atoms with Crippen molar-refractivity contribution >= 4 is 22.4 Å². The van der Waals surface area contributed by atoms with Gasteiger partial charge in [-0.3, -0.25) is 0 Å². The Morgan fingerprint density at radius 3 is 2.63 bits per heavy atom. The number of carboxylic acid groups (broad SMARTS) is 1. The van der Waals surface area contributed by atoms with E-state index in [0.29, 0.717) is 11.6 Å². The predicted molar refractivity (Wildman–Crippen MR) is 110 cm³/mol. The molecule has 0 aromatic heterocycles. The summed E-state index contributed by atoms with van der Waals surface area (Å²) in [5.41, 5.74) is 2.82. The molecule has 3 aromatic carbocycles. The molecular weight excluding hydrogens is 336 g/mol. The molecule has 2 N–H and O–H groups in total. The van der Waals surface area contributed by atoms with Gasteiger partial charge >= 0.3 is 5.97 Å². The first-order valence-electron chi connectivity index (χ1n) is 9.49. The van der Waals surface area contributed by atoms with Gasteiger partial charge in [0.15, 0.2) is 0 Å². The molecule has 0 bridgehead atoms. The smallest absolute Gasteiger partial charge is 0.335 e. The van der Waals surface area contributed by atoms with Gasteiger partial charge in [-0.05, 0) is 60.0 Å². The number of aromatic carboxylic acids is 1. The number of hydrogen-bond donors (Lipinski definition) is 2. The molecule has 0 saturated carbocycles. The number of nitrogens with one attached hydrogen (secondary N) is 1. The van der Waals surface area contributed by atoms with Crippen LogP contribution in [0.25, 0.3) is 10.8 Å². The molecular formula is C23H24N2O2. The Bertz CT molecular complexity index is 931. The molecule has 0 amide bonds. The van der Waals surface area contributed by atoms with Gasteiger partial charge in [0.05, 0.1) is 5.56 Å². The first kappa shape index (κ1) is 17.6. The minimum Gasteiger partial charge on any atom is -0.478 e. The molecule has 27 heavy (non-hydrogen) atoms. The molecule has 1 unspecified atom stereocenters. The van der Waals surface area contributed by atoms with Gasteiger partial charge in [0, 0.05) is 24.8 Å². The van der Waals surface area contributed by atoms with Gasteiger partial charge in [0.1, 0.15) is 0 Å². The van der Waals surface area contributed by atoms with E-state index in [2.05, 4.69) is 52.7 Å². The van der Waals surface area contributed by atoms with E-state index in [-0.39, 0.29) is 0 Å². The second kappa shape index (κ2) is 7.80. The zero-order valence-corrected chi connectivity index (χ0v) is 15.3. The van der Waals surface area contributed by atoms with Gasteiger partial charge in [-0.2, -0.15) is 0 Å². The van der Waals surface area contributed by atoms with E-state index in [4.69, 9.17) is 5.11 Å². The van der Waals surface area contributed by atoms with Crippen LogP contribution in [0.5, 0.6) is 0 Å². The summed E-state index contributed by atoms with van der Waals surface area (Å²) in [7, 11) is 0. The van der Waals surface area contributed by atoms with Crippen molar-refractivity contribution in [2.24, 2.45) is 0 Å². The molecule has 0 radical (unpaired) electrons. The third kappa shape index (κ3) is 3.96. The average Bonchev–Trinajstić information content (AvgIpc) is 3.17. The molecule has 1 aliphatic heterocycles. The average molecular weight is 360 g/mol. The Morgan fingerprint density at radius 2 is 1.81 bits per heavy atom. The number of anilines is 1. The normalized spacial score (nSPS) is 16.7. The second-order valence-electron chi connectivity index (χ2n) is 7.13. The lowest BCUT2D eigenvalue weighted by molar-refractivity contribution is 0.0697. The first-order chi connectivity index (χ1) is 13.2. The van der Waals surface area contributed by atoms with E-state index in [1.165, 1.54) is 16.3 Å². The van der Waals surface area contributed by atoms with Crippen molar-refractivity contribution in [1.29, 1.82) is 0 Å². The van der Waals surface area contributed by atoms with Crippen molar-refractivity contribution < 1.29 is 9.90 Å². The largest absolute Gasteiger partial charge is 0.478 e. The predicted octanol–water partition coefficient (Wildman–Crippen LogP) is 3.95. The minimum atomic E-state index is -0.879. The van der Waals surface area contributed by atoms with E-state index < -0.39 is 5.97 Å². The molecule has 0 spiro atoms. The van der Waals surface area contributed by atoms with Crippen molar-refractivity contribution in [2.75, 3.05) is 24.5 Å². The molecule has 4 nitrogen and oxygen atoms in total. The fraction of sp³-hybridized carbons (Fsp3) is 0.261. The van der Waals surface area contributed by atoms with Crippen LogP contribution in [0.15, 0.2) is 66.7 Å². The van der Waals surface area contributed by atoms with Gasteiger partial charge in [0.25, 0.3) is 0 Å². The molecule has 1 heterocycles. The number of benzene rings is 3. The molecule has 1 atom stereocenters. The van der Waals surface area contributed by atoms with Crippen LogP contribution in [-0.4, -0.2) is 36.8 Å². The zero-order chi connectivity index (χ0) is 18.6. The minimum absolute atomic E-state index is 0.336. The van der Waals surface area contributed by atoms with Crippen LogP contribution < -0.4 is 10.2 Å². The quantitative estimate of drug-likeness (QED) is 0.699. The highest BCUT2D eigenvalue weighted by Crippen LogP contribution is 2.22. The van der Waals surface area contributed by atoms with Crippen molar-refractivity contribution in [3.63, 3.8) is 0 Å². The van der Waals surface area contributed by atoms with Gasteiger partial charge < -0.3 is 15.3 Å². The lowest BCUT2D eigenvalue weighted by Gasteiger charge is -2.19. The third-order valence-electron chi connectivity index (χ3n) is 5.37. The van der Waals surface area contributed by atoms with Crippen LogP contribution in [0.3, 0.4) is 0 Å². The van der Waals surface area contributed by atoms with Crippen LogP contribution in [0, 0.1) is 0 Å². The Labute approximate surface area is 159 Å². The summed E-state index contributed by atoms with van der Waals surface area (Å²) < 4.78 is 0. The van der Waals surface area contributed by atoms with Crippen LogP contribution in [0.4, 0.5) is 5.69 Å². The number of fused-ring (bicyclic) bond motifs is 1. The fourth-order valence-corrected chi connectivity index (χ4v) is 3.90. The molecule has 1 saturated heterocycles. The topological polar surface area (TPSA) is 52.6 Å². The highest BCUT2D eigenvalue weighted by molar-refractivity contribution is 5.88. The Hall–Kier alpha value is -2.85. The number of carbonyl (C=O) groups is 1. The summed E-state index contributed by atoms with van der Waals surface area (Å²) >= 11 is 0. The van der Waals surface area contributed by atoms with E-state index >= 15 is 0 Å². The number of carboxylic acids is 1. The first-order valence-corrected chi connectivity index (χ1v) is 9.49. The van der Waals surface area contributed by atoms with Gasteiger partial charge in [0.2, 0.25) is 0 Å². The Balaban J connectivity index is 1.32. The third-order valence-corrected chi connectivity index (χ3v) is 5.37. The molecule has 3 aromatic rings. The molecule has 1 fully saturated rings. The summed E-state index contributed by atoms with van der Waals surface area (Å²) in [6.07, 6.45) is 2.13. The second-order valence-corrected chi connectivity index (χ2v) is 7.13. The van der Waals surface area contributed by atoms with E-state index in [9.17, 15) is 4.79 Å². The molecule has 4 heteroatoms.